The maximum atomic E-state index is 12.0. The van der Waals surface area contributed by atoms with Gasteiger partial charge in [0.05, 0.1) is 15.9 Å². The minimum atomic E-state index is -0.549. The third-order valence-corrected chi connectivity index (χ3v) is 4.35. The number of tetrazole rings is 1. The standard InChI is InChI=1S/C16H12N6O2S/c23-16(19-15-18-13-6-1-2-7-14(13)25-15)24-9-11-4-3-5-12(8-11)22-10-17-20-21-22/h1-8,10H,9H2,(H,18,19,23). The summed E-state index contributed by atoms with van der Waals surface area (Å²) in [6, 6.07) is 15.1. The van der Waals surface area contributed by atoms with Crippen LogP contribution in [0.15, 0.2) is 54.9 Å². The Kier molecular flexibility index (Phi) is 4.05. The monoisotopic (exact) mass is 352 g/mol. The average molecular weight is 352 g/mol. The fraction of sp³-hybridized carbons (Fsp3) is 0.0625. The van der Waals surface area contributed by atoms with Crippen LogP contribution in [-0.4, -0.2) is 31.3 Å². The maximum Gasteiger partial charge on any atom is 0.413 e. The summed E-state index contributed by atoms with van der Waals surface area (Å²) in [6.45, 7) is 0.132. The van der Waals surface area contributed by atoms with Crippen molar-refractivity contribution in [1.29, 1.82) is 0 Å². The second kappa shape index (κ2) is 6.65. The predicted molar refractivity (Wildman–Crippen MR) is 92.6 cm³/mol. The predicted octanol–water partition coefficient (Wildman–Crippen LogP) is 3.02. The molecule has 0 atom stereocenters. The first-order valence-electron chi connectivity index (χ1n) is 7.39. The number of anilines is 1. The summed E-state index contributed by atoms with van der Waals surface area (Å²) in [5.74, 6) is 0. The molecule has 25 heavy (non-hydrogen) atoms. The Bertz CT molecular complexity index is 981. The smallest absolute Gasteiger partial charge is 0.413 e. The summed E-state index contributed by atoms with van der Waals surface area (Å²) in [6.07, 6.45) is 0.951. The van der Waals surface area contributed by atoms with Crippen molar-refractivity contribution in [2.75, 3.05) is 5.32 Å². The molecule has 8 nitrogen and oxygen atoms in total. The second-order valence-electron chi connectivity index (χ2n) is 5.11. The van der Waals surface area contributed by atoms with Gasteiger partial charge in [-0.05, 0) is 40.3 Å². The highest BCUT2D eigenvalue weighted by atomic mass is 32.1. The Hall–Kier alpha value is -3.33. The van der Waals surface area contributed by atoms with E-state index in [1.165, 1.54) is 22.3 Å². The van der Waals surface area contributed by atoms with E-state index in [4.69, 9.17) is 4.74 Å². The van der Waals surface area contributed by atoms with E-state index in [2.05, 4.69) is 25.8 Å². The molecule has 2 aromatic heterocycles. The van der Waals surface area contributed by atoms with E-state index in [0.717, 1.165) is 21.5 Å². The third-order valence-electron chi connectivity index (χ3n) is 3.40. The SMILES string of the molecule is O=C(Nc1nc2ccccc2s1)OCc1cccc(-n2cnnn2)c1. The molecule has 2 heterocycles. The lowest BCUT2D eigenvalue weighted by atomic mass is 10.2. The number of hydrogen-bond donors (Lipinski definition) is 1. The Labute approximate surface area is 146 Å². The first-order valence-corrected chi connectivity index (χ1v) is 8.21. The van der Waals surface area contributed by atoms with Crippen molar-refractivity contribution in [2.24, 2.45) is 0 Å². The van der Waals surface area contributed by atoms with Crippen LogP contribution in [0.25, 0.3) is 15.9 Å². The van der Waals surface area contributed by atoms with Crippen molar-refractivity contribution in [3.8, 4) is 5.69 Å². The van der Waals surface area contributed by atoms with E-state index in [-0.39, 0.29) is 6.61 Å². The molecule has 0 aliphatic heterocycles. The summed E-state index contributed by atoms with van der Waals surface area (Å²) in [4.78, 5) is 16.3. The molecule has 0 spiro atoms. The molecule has 2 aromatic carbocycles. The quantitative estimate of drug-likeness (QED) is 0.607. The molecule has 9 heteroatoms. The molecule has 4 rings (SSSR count). The lowest BCUT2D eigenvalue weighted by Crippen LogP contribution is -2.13. The molecule has 124 valence electrons. The van der Waals surface area contributed by atoms with E-state index in [9.17, 15) is 4.79 Å². The highest BCUT2D eigenvalue weighted by Crippen LogP contribution is 2.25. The molecule has 0 radical (unpaired) electrons. The number of hydrogen-bond acceptors (Lipinski definition) is 7. The lowest BCUT2D eigenvalue weighted by molar-refractivity contribution is 0.155. The van der Waals surface area contributed by atoms with Crippen molar-refractivity contribution in [2.45, 2.75) is 6.61 Å². The minimum absolute atomic E-state index is 0.132. The molecule has 0 bridgehead atoms. The van der Waals surface area contributed by atoms with Crippen LogP contribution in [0.1, 0.15) is 5.56 Å². The summed E-state index contributed by atoms with van der Waals surface area (Å²) in [5, 5.41) is 14.2. The normalized spacial score (nSPS) is 10.7. The zero-order valence-corrected chi connectivity index (χ0v) is 13.7. The number of aromatic nitrogens is 5. The van der Waals surface area contributed by atoms with Gasteiger partial charge in [-0.25, -0.2) is 14.5 Å². The van der Waals surface area contributed by atoms with Gasteiger partial charge < -0.3 is 4.74 Å². The van der Waals surface area contributed by atoms with E-state index in [1.807, 2.05) is 48.5 Å². The Morgan fingerprint density at radius 3 is 2.96 bits per heavy atom. The molecule has 1 N–H and O–H groups in total. The van der Waals surface area contributed by atoms with Gasteiger partial charge in [-0.15, -0.1) is 5.10 Å². The number of rotatable bonds is 4. The molecule has 0 unspecified atom stereocenters. The van der Waals surface area contributed by atoms with Crippen molar-refractivity contribution >= 4 is 32.8 Å². The Morgan fingerprint density at radius 1 is 1.20 bits per heavy atom. The van der Waals surface area contributed by atoms with Gasteiger partial charge in [-0.2, -0.15) is 0 Å². The van der Waals surface area contributed by atoms with Gasteiger partial charge in [0, 0.05) is 0 Å². The lowest BCUT2D eigenvalue weighted by Gasteiger charge is -2.06. The van der Waals surface area contributed by atoms with Crippen LogP contribution >= 0.6 is 11.3 Å². The van der Waals surface area contributed by atoms with Crippen LogP contribution in [0, 0.1) is 0 Å². The largest absolute Gasteiger partial charge is 0.444 e. The second-order valence-corrected chi connectivity index (χ2v) is 6.14. The van der Waals surface area contributed by atoms with Crippen LogP contribution in [0.4, 0.5) is 9.93 Å². The van der Waals surface area contributed by atoms with E-state index in [0.29, 0.717) is 5.13 Å². The molecular formula is C16H12N6O2S. The Balaban J connectivity index is 1.39. The number of amides is 1. The fourth-order valence-corrected chi connectivity index (χ4v) is 3.12. The average Bonchev–Trinajstić information content (AvgIpc) is 3.29. The summed E-state index contributed by atoms with van der Waals surface area (Å²) < 4.78 is 7.79. The van der Waals surface area contributed by atoms with Gasteiger partial charge in [0.25, 0.3) is 0 Å². The number of nitrogens with one attached hydrogen (secondary N) is 1. The van der Waals surface area contributed by atoms with E-state index < -0.39 is 6.09 Å². The highest BCUT2D eigenvalue weighted by molar-refractivity contribution is 7.22. The van der Waals surface area contributed by atoms with Crippen molar-refractivity contribution < 1.29 is 9.53 Å². The topological polar surface area (TPSA) is 94.8 Å². The van der Waals surface area contributed by atoms with Crippen LogP contribution in [0.3, 0.4) is 0 Å². The van der Waals surface area contributed by atoms with Gasteiger partial charge in [0.1, 0.15) is 12.9 Å². The molecule has 0 saturated heterocycles. The Morgan fingerprint density at radius 2 is 2.12 bits per heavy atom. The van der Waals surface area contributed by atoms with Crippen LogP contribution in [0.5, 0.6) is 0 Å². The number of benzene rings is 2. The fourth-order valence-electron chi connectivity index (χ4n) is 2.27. The van der Waals surface area contributed by atoms with E-state index >= 15 is 0 Å². The first kappa shape index (κ1) is 15.2. The summed E-state index contributed by atoms with van der Waals surface area (Å²) in [7, 11) is 0. The van der Waals surface area contributed by atoms with Crippen molar-refractivity contribution in [3.63, 3.8) is 0 Å². The molecule has 1 amide bonds. The molecule has 0 saturated carbocycles. The van der Waals surface area contributed by atoms with Crippen LogP contribution in [0.2, 0.25) is 0 Å². The van der Waals surface area contributed by atoms with Gasteiger partial charge >= 0.3 is 6.09 Å². The number of thiazole rings is 1. The van der Waals surface area contributed by atoms with Gasteiger partial charge in [-0.1, -0.05) is 35.6 Å². The number of carbonyl (C=O) groups is 1. The zero-order chi connectivity index (χ0) is 17.1. The number of nitrogens with zero attached hydrogens (tertiary/aromatic N) is 5. The zero-order valence-electron chi connectivity index (χ0n) is 12.9. The molecule has 0 aliphatic rings. The van der Waals surface area contributed by atoms with Gasteiger partial charge in [0.15, 0.2) is 5.13 Å². The molecular weight excluding hydrogens is 340 g/mol. The van der Waals surface area contributed by atoms with Crippen LogP contribution in [-0.2, 0) is 11.3 Å². The number of para-hydroxylation sites is 1. The third kappa shape index (κ3) is 3.45. The minimum Gasteiger partial charge on any atom is -0.444 e. The molecule has 0 aliphatic carbocycles. The summed E-state index contributed by atoms with van der Waals surface area (Å²) >= 11 is 1.40. The van der Waals surface area contributed by atoms with Gasteiger partial charge in [-0.3, -0.25) is 5.32 Å². The molecule has 0 fully saturated rings. The first-order chi connectivity index (χ1) is 12.3. The van der Waals surface area contributed by atoms with Crippen LogP contribution < -0.4 is 5.32 Å². The number of ether oxygens (including phenoxy) is 1. The molecule has 4 aromatic rings. The highest BCUT2D eigenvalue weighted by Gasteiger charge is 2.09. The maximum absolute atomic E-state index is 12.0. The van der Waals surface area contributed by atoms with Crippen molar-refractivity contribution in [3.05, 3.63) is 60.4 Å². The number of fused-ring (bicyclic) bond motifs is 1. The summed E-state index contributed by atoms with van der Waals surface area (Å²) in [5.41, 5.74) is 2.46. The van der Waals surface area contributed by atoms with Gasteiger partial charge in [0.2, 0.25) is 0 Å². The van der Waals surface area contributed by atoms with E-state index in [1.54, 1.807) is 0 Å². The number of carbonyl (C=O) groups excluding carboxylic acids is 1. The van der Waals surface area contributed by atoms with Crippen molar-refractivity contribution in [1.82, 2.24) is 25.2 Å².